The molecule has 7 heteroatoms. The number of hydrogen-bond donors (Lipinski definition) is 2. The van der Waals surface area contributed by atoms with Crippen LogP contribution in [0.4, 0.5) is 11.4 Å². The molecule has 102 valence electrons. The maximum atomic E-state index is 12.2. The highest BCUT2D eigenvalue weighted by Crippen LogP contribution is 2.29. The van der Waals surface area contributed by atoms with Crippen LogP contribution in [0.5, 0.6) is 0 Å². The molecular formula is C12H15N3O2S2. The maximum Gasteiger partial charge on any atom is 0.273 e. The second-order valence-electron chi connectivity index (χ2n) is 4.28. The van der Waals surface area contributed by atoms with E-state index in [0.717, 1.165) is 22.5 Å². The molecule has 0 saturated carbocycles. The van der Waals surface area contributed by atoms with Crippen LogP contribution in [0.2, 0.25) is 0 Å². The molecule has 0 atom stereocenters. The molecule has 2 aromatic rings. The third-order valence-electron chi connectivity index (χ3n) is 2.87. The minimum Gasteiger partial charge on any atom is -0.397 e. The first-order chi connectivity index (χ1) is 8.81. The monoisotopic (exact) mass is 297 g/mol. The van der Waals surface area contributed by atoms with Crippen molar-refractivity contribution in [3.8, 4) is 0 Å². The van der Waals surface area contributed by atoms with Crippen molar-refractivity contribution in [2.75, 3.05) is 10.5 Å². The lowest BCUT2D eigenvalue weighted by Crippen LogP contribution is -2.14. The number of nitrogens with one attached hydrogen (secondary N) is 1. The van der Waals surface area contributed by atoms with E-state index >= 15 is 0 Å². The number of nitrogens with zero attached hydrogens (tertiary/aromatic N) is 1. The number of hydrogen-bond acceptors (Lipinski definition) is 5. The van der Waals surface area contributed by atoms with Gasteiger partial charge in [-0.25, -0.2) is 13.4 Å². The van der Waals surface area contributed by atoms with Crippen LogP contribution in [0.15, 0.2) is 22.5 Å². The molecule has 3 N–H and O–H groups in total. The van der Waals surface area contributed by atoms with Gasteiger partial charge < -0.3 is 5.73 Å². The van der Waals surface area contributed by atoms with Gasteiger partial charge in [0.2, 0.25) is 0 Å². The van der Waals surface area contributed by atoms with E-state index in [1.807, 2.05) is 19.9 Å². The Morgan fingerprint density at radius 1 is 1.26 bits per heavy atom. The van der Waals surface area contributed by atoms with E-state index in [1.165, 1.54) is 6.20 Å². The van der Waals surface area contributed by atoms with E-state index in [-0.39, 0.29) is 4.21 Å². The summed E-state index contributed by atoms with van der Waals surface area (Å²) < 4.78 is 27.2. The van der Waals surface area contributed by atoms with Gasteiger partial charge in [0.1, 0.15) is 0 Å². The first kappa shape index (κ1) is 13.8. The molecule has 0 bridgehead atoms. The number of nitrogens with two attached hydrogens (primary N) is 1. The van der Waals surface area contributed by atoms with Gasteiger partial charge in [-0.15, -0.1) is 11.3 Å². The molecule has 0 saturated heterocycles. The van der Waals surface area contributed by atoms with Crippen molar-refractivity contribution in [1.82, 2.24) is 4.98 Å². The second kappa shape index (κ2) is 4.82. The molecule has 2 rings (SSSR count). The van der Waals surface area contributed by atoms with E-state index in [2.05, 4.69) is 9.71 Å². The summed E-state index contributed by atoms with van der Waals surface area (Å²) in [6.07, 6.45) is 1.35. The molecule has 0 aliphatic rings. The summed E-state index contributed by atoms with van der Waals surface area (Å²) in [7, 11) is -3.63. The predicted molar refractivity (Wildman–Crippen MR) is 78.0 cm³/mol. The van der Waals surface area contributed by atoms with E-state index < -0.39 is 10.0 Å². The Kier molecular flexibility index (Phi) is 3.51. The lowest BCUT2D eigenvalue weighted by Gasteiger charge is -2.13. The standard InChI is InChI=1S/C12H15N3O2S2/c1-7-4-5-10(13)12(8(7)2)15-19(16,17)11-6-14-9(3)18-11/h4-6,15H,13H2,1-3H3. The Morgan fingerprint density at radius 3 is 2.53 bits per heavy atom. The number of benzene rings is 1. The summed E-state index contributed by atoms with van der Waals surface area (Å²) in [5.74, 6) is 0. The first-order valence-electron chi connectivity index (χ1n) is 5.62. The van der Waals surface area contributed by atoms with Crippen molar-refractivity contribution in [2.45, 2.75) is 25.0 Å². The first-order valence-corrected chi connectivity index (χ1v) is 7.92. The van der Waals surface area contributed by atoms with Crippen LogP contribution in [0.25, 0.3) is 0 Å². The topological polar surface area (TPSA) is 85.1 Å². The highest BCUT2D eigenvalue weighted by molar-refractivity contribution is 7.94. The quantitative estimate of drug-likeness (QED) is 0.852. The number of thiazole rings is 1. The van der Waals surface area contributed by atoms with Crippen LogP contribution >= 0.6 is 11.3 Å². The zero-order valence-electron chi connectivity index (χ0n) is 10.9. The highest BCUT2D eigenvalue weighted by atomic mass is 32.2. The smallest absolute Gasteiger partial charge is 0.273 e. The zero-order valence-corrected chi connectivity index (χ0v) is 12.5. The minimum atomic E-state index is -3.63. The minimum absolute atomic E-state index is 0.185. The maximum absolute atomic E-state index is 12.2. The average Bonchev–Trinajstić information content (AvgIpc) is 2.77. The Labute approximate surface area is 116 Å². The summed E-state index contributed by atoms with van der Waals surface area (Å²) in [5, 5.41) is 0.703. The summed E-state index contributed by atoms with van der Waals surface area (Å²) in [5.41, 5.74) is 8.49. The average molecular weight is 297 g/mol. The lowest BCUT2D eigenvalue weighted by atomic mass is 10.1. The van der Waals surface area contributed by atoms with Gasteiger partial charge in [-0.1, -0.05) is 6.07 Å². The molecule has 19 heavy (non-hydrogen) atoms. The van der Waals surface area contributed by atoms with Crippen molar-refractivity contribution in [3.05, 3.63) is 34.5 Å². The van der Waals surface area contributed by atoms with Gasteiger partial charge in [0.25, 0.3) is 10.0 Å². The summed E-state index contributed by atoms with van der Waals surface area (Å²) in [6, 6.07) is 3.55. The molecule has 1 aromatic heterocycles. The Balaban J connectivity index is 2.44. The third kappa shape index (κ3) is 2.71. The molecule has 1 aromatic carbocycles. The van der Waals surface area contributed by atoms with Crippen LogP contribution in [0.1, 0.15) is 16.1 Å². The number of anilines is 2. The van der Waals surface area contributed by atoms with Crippen LogP contribution in [-0.4, -0.2) is 13.4 Å². The van der Waals surface area contributed by atoms with Crippen LogP contribution in [0, 0.1) is 20.8 Å². The van der Waals surface area contributed by atoms with Gasteiger partial charge in [0.15, 0.2) is 4.21 Å². The van der Waals surface area contributed by atoms with Gasteiger partial charge in [0.05, 0.1) is 22.6 Å². The van der Waals surface area contributed by atoms with Crippen molar-refractivity contribution in [2.24, 2.45) is 0 Å². The Bertz CT molecular complexity index is 721. The van der Waals surface area contributed by atoms with Gasteiger partial charge in [-0.05, 0) is 38.0 Å². The number of sulfonamides is 1. The predicted octanol–water partition coefficient (Wildman–Crippen LogP) is 2.45. The Hall–Kier alpha value is -1.60. The summed E-state index contributed by atoms with van der Waals surface area (Å²) in [4.78, 5) is 3.96. The van der Waals surface area contributed by atoms with Gasteiger partial charge >= 0.3 is 0 Å². The van der Waals surface area contributed by atoms with Crippen molar-refractivity contribution in [3.63, 3.8) is 0 Å². The molecule has 0 radical (unpaired) electrons. The van der Waals surface area contributed by atoms with Crippen LogP contribution in [-0.2, 0) is 10.0 Å². The SMILES string of the molecule is Cc1ncc(S(=O)(=O)Nc2c(N)ccc(C)c2C)s1. The van der Waals surface area contributed by atoms with Gasteiger partial charge in [-0.3, -0.25) is 4.72 Å². The molecule has 0 aliphatic heterocycles. The molecule has 0 fully saturated rings. The summed E-state index contributed by atoms with van der Waals surface area (Å²) in [6.45, 7) is 5.50. The Morgan fingerprint density at radius 2 is 1.95 bits per heavy atom. The van der Waals surface area contributed by atoms with E-state index in [4.69, 9.17) is 5.73 Å². The number of aryl methyl sites for hydroxylation is 2. The van der Waals surface area contributed by atoms with E-state index in [1.54, 1.807) is 13.0 Å². The summed E-state index contributed by atoms with van der Waals surface area (Å²) >= 11 is 1.13. The zero-order chi connectivity index (χ0) is 14.2. The number of nitrogen functional groups attached to an aromatic ring is 1. The second-order valence-corrected chi connectivity index (χ2v) is 7.42. The molecule has 5 nitrogen and oxygen atoms in total. The molecule has 0 spiro atoms. The fourth-order valence-corrected chi connectivity index (χ4v) is 3.88. The molecule has 0 amide bonds. The lowest BCUT2D eigenvalue weighted by molar-refractivity contribution is 0.603. The number of aromatic nitrogens is 1. The van der Waals surface area contributed by atoms with Gasteiger partial charge in [0, 0.05) is 0 Å². The fraction of sp³-hybridized carbons (Fsp3) is 0.250. The van der Waals surface area contributed by atoms with Crippen molar-refractivity contribution in [1.29, 1.82) is 0 Å². The van der Waals surface area contributed by atoms with Crippen LogP contribution < -0.4 is 10.5 Å². The van der Waals surface area contributed by atoms with Gasteiger partial charge in [-0.2, -0.15) is 0 Å². The largest absolute Gasteiger partial charge is 0.397 e. The van der Waals surface area contributed by atoms with E-state index in [0.29, 0.717) is 16.4 Å². The van der Waals surface area contributed by atoms with Crippen molar-refractivity contribution < 1.29 is 8.42 Å². The molecule has 1 heterocycles. The fourth-order valence-electron chi connectivity index (χ4n) is 1.62. The van der Waals surface area contributed by atoms with Crippen molar-refractivity contribution >= 4 is 32.7 Å². The van der Waals surface area contributed by atoms with E-state index in [9.17, 15) is 8.42 Å². The molecular weight excluding hydrogens is 282 g/mol. The molecule has 0 aliphatic carbocycles. The number of rotatable bonds is 3. The normalized spacial score (nSPS) is 11.5. The van der Waals surface area contributed by atoms with Crippen LogP contribution in [0.3, 0.4) is 0 Å². The molecule has 0 unspecified atom stereocenters. The highest BCUT2D eigenvalue weighted by Gasteiger charge is 2.19. The third-order valence-corrected chi connectivity index (χ3v) is 5.59.